The lowest BCUT2D eigenvalue weighted by Gasteiger charge is -2.10. The zero-order valence-electron chi connectivity index (χ0n) is 7.40. The smallest absolute Gasteiger partial charge is 0.119 e. The highest BCUT2D eigenvalue weighted by molar-refractivity contribution is 5.51. The van der Waals surface area contributed by atoms with Gasteiger partial charge in [0.25, 0.3) is 0 Å². The predicted octanol–water partition coefficient (Wildman–Crippen LogP) is 3.20. The van der Waals surface area contributed by atoms with Gasteiger partial charge in [-0.05, 0) is 24.5 Å². The Bertz CT molecular complexity index is 337. The molecule has 0 unspecified atom stereocenters. The standard InChI is InChI=1S/C12H12O/c13-12-9-5-4-8-11(12)10-6-2-1-3-7-10/h2-4,6-9,13H,1,5H2. The first kappa shape index (κ1) is 8.11. The Balaban J connectivity index is 2.41. The summed E-state index contributed by atoms with van der Waals surface area (Å²) in [5.74, 6) is 0.397. The third kappa shape index (κ3) is 1.64. The molecule has 0 heterocycles. The summed E-state index contributed by atoms with van der Waals surface area (Å²) in [6, 6.07) is 0. The minimum atomic E-state index is 0.397. The van der Waals surface area contributed by atoms with E-state index in [9.17, 15) is 5.11 Å². The summed E-state index contributed by atoms with van der Waals surface area (Å²) in [6.07, 6.45) is 16.0. The molecule has 0 amide bonds. The van der Waals surface area contributed by atoms with E-state index in [0.29, 0.717) is 5.76 Å². The number of aliphatic hydroxyl groups is 1. The van der Waals surface area contributed by atoms with Crippen LogP contribution in [0.3, 0.4) is 0 Å². The maximum Gasteiger partial charge on any atom is 0.119 e. The lowest BCUT2D eigenvalue weighted by molar-refractivity contribution is 0.422. The van der Waals surface area contributed by atoms with Crippen molar-refractivity contribution in [1.82, 2.24) is 0 Å². The number of hydrogen-bond acceptors (Lipinski definition) is 1. The van der Waals surface area contributed by atoms with Crippen LogP contribution in [0, 0.1) is 0 Å². The van der Waals surface area contributed by atoms with Crippen molar-refractivity contribution in [2.45, 2.75) is 12.8 Å². The van der Waals surface area contributed by atoms with E-state index in [2.05, 4.69) is 30.4 Å². The maximum absolute atomic E-state index is 9.61. The zero-order chi connectivity index (χ0) is 9.10. The third-order valence-corrected chi connectivity index (χ3v) is 2.19. The molecular formula is C12H12O. The van der Waals surface area contributed by atoms with E-state index in [-0.39, 0.29) is 0 Å². The molecule has 0 aromatic rings. The molecule has 0 atom stereocenters. The summed E-state index contributed by atoms with van der Waals surface area (Å²) in [7, 11) is 0. The zero-order valence-corrected chi connectivity index (χ0v) is 7.40. The van der Waals surface area contributed by atoms with Crippen molar-refractivity contribution < 1.29 is 5.11 Å². The normalized spacial score (nSPS) is 20.8. The molecule has 0 saturated carbocycles. The highest BCUT2D eigenvalue weighted by Gasteiger charge is 2.07. The van der Waals surface area contributed by atoms with Crippen molar-refractivity contribution in [3.05, 3.63) is 59.4 Å². The van der Waals surface area contributed by atoms with E-state index in [1.165, 1.54) is 0 Å². The molecule has 0 aromatic carbocycles. The summed E-state index contributed by atoms with van der Waals surface area (Å²) in [5, 5.41) is 9.61. The van der Waals surface area contributed by atoms with Crippen molar-refractivity contribution in [2.75, 3.05) is 0 Å². The van der Waals surface area contributed by atoms with Crippen LogP contribution in [0.1, 0.15) is 12.8 Å². The highest BCUT2D eigenvalue weighted by atomic mass is 16.3. The Labute approximate surface area is 78.1 Å². The topological polar surface area (TPSA) is 20.2 Å². The second-order valence-electron chi connectivity index (χ2n) is 3.14. The molecule has 66 valence electrons. The minimum absolute atomic E-state index is 0.397. The average Bonchev–Trinajstić information content (AvgIpc) is 2.20. The second kappa shape index (κ2) is 3.48. The predicted molar refractivity (Wildman–Crippen MR) is 54.4 cm³/mol. The van der Waals surface area contributed by atoms with E-state index in [1.54, 1.807) is 0 Å². The molecule has 0 radical (unpaired) electrons. The van der Waals surface area contributed by atoms with Crippen LogP contribution in [0.2, 0.25) is 0 Å². The highest BCUT2D eigenvalue weighted by Crippen LogP contribution is 2.22. The van der Waals surface area contributed by atoms with Gasteiger partial charge in [-0.15, -0.1) is 0 Å². The van der Waals surface area contributed by atoms with Gasteiger partial charge in [-0.3, -0.25) is 0 Å². The van der Waals surface area contributed by atoms with Crippen molar-refractivity contribution in [2.24, 2.45) is 0 Å². The summed E-state index contributed by atoms with van der Waals surface area (Å²) in [6.45, 7) is 0. The molecule has 1 N–H and O–H groups in total. The fourth-order valence-corrected chi connectivity index (χ4v) is 1.51. The van der Waals surface area contributed by atoms with Crippen LogP contribution in [0.15, 0.2) is 59.4 Å². The third-order valence-electron chi connectivity index (χ3n) is 2.19. The molecule has 0 bridgehead atoms. The Morgan fingerprint density at radius 2 is 1.62 bits per heavy atom. The molecule has 2 aliphatic rings. The Morgan fingerprint density at radius 3 is 2.31 bits per heavy atom. The first-order valence-electron chi connectivity index (χ1n) is 4.51. The first-order chi connectivity index (χ1) is 6.38. The lowest BCUT2D eigenvalue weighted by Crippen LogP contribution is -1.94. The molecule has 0 fully saturated rings. The van der Waals surface area contributed by atoms with Crippen molar-refractivity contribution in [3.8, 4) is 0 Å². The largest absolute Gasteiger partial charge is 0.508 e. The summed E-state index contributed by atoms with van der Waals surface area (Å²) in [4.78, 5) is 0. The van der Waals surface area contributed by atoms with E-state index in [4.69, 9.17) is 0 Å². The SMILES string of the molecule is OC1=CCC=CC1=C1C=CCC=C1. The summed E-state index contributed by atoms with van der Waals surface area (Å²) in [5.41, 5.74) is 2.02. The lowest BCUT2D eigenvalue weighted by atomic mass is 9.98. The van der Waals surface area contributed by atoms with Gasteiger partial charge in [0.1, 0.15) is 5.76 Å². The quantitative estimate of drug-likeness (QED) is 0.595. The molecule has 2 rings (SSSR count). The van der Waals surface area contributed by atoms with E-state index >= 15 is 0 Å². The monoisotopic (exact) mass is 172 g/mol. The van der Waals surface area contributed by atoms with Crippen molar-refractivity contribution in [3.63, 3.8) is 0 Å². The number of rotatable bonds is 0. The maximum atomic E-state index is 9.61. The molecule has 13 heavy (non-hydrogen) atoms. The van der Waals surface area contributed by atoms with Crippen molar-refractivity contribution in [1.29, 1.82) is 0 Å². The van der Waals surface area contributed by atoms with Crippen molar-refractivity contribution >= 4 is 0 Å². The van der Waals surface area contributed by atoms with Gasteiger partial charge in [-0.25, -0.2) is 0 Å². The Morgan fingerprint density at radius 1 is 0.923 bits per heavy atom. The van der Waals surface area contributed by atoms with E-state index in [1.807, 2.05) is 12.2 Å². The second-order valence-corrected chi connectivity index (χ2v) is 3.14. The average molecular weight is 172 g/mol. The van der Waals surface area contributed by atoms with Gasteiger partial charge < -0.3 is 5.11 Å². The Hall–Kier alpha value is -1.50. The van der Waals surface area contributed by atoms with Gasteiger partial charge in [0.15, 0.2) is 0 Å². The molecule has 0 saturated heterocycles. The van der Waals surface area contributed by atoms with Crippen LogP contribution in [-0.2, 0) is 0 Å². The van der Waals surface area contributed by atoms with Crippen LogP contribution >= 0.6 is 0 Å². The minimum Gasteiger partial charge on any atom is -0.508 e. The molecule has 0 aliphatic heterocycles. The van der Waals surface area contributed by atoms with Crippen LogP contribution in [0.5, 0.6) is 0 Å². The molecular weight excluding hydrogens is 160 g/mol. The van der Waals surface area contributed by atoms with Gasteiger partial charge in [0.2, 0.25) is 0 Å². The van der Waals surface area contributed by atoms with E-state index in [0.717, 1.165) is 24.0 Å². The molecule has 1 heteroatoms. The van der Waals surface area contributed by atoms with Crippen LogP contribution in [-0.4, -0.2) is 5.11 Å². The fourth-order valence-electron chi connectivity index (χ4n) is 1.51. The summed E-state index contributed by atoms with van der Waals surface area (Å²) >= 11 is 0. The van der Waals surface area contributed by atoms with Gasteiger partial charge >= 0.3 is 0 Å². The first-order valence-corrected chi connectivity index (χ1v) is 4.51. The fraction of sp³-hybridized carbons (Fsp3) is 0.167. The molecule has 0 aromatic heterocycles. The Kier molecular flexibility index (Phi) is 2.17. The number of hydrogen-bond donors (Lipinski definition) is 1. The summed E-state index contributed by atoms with van der Waals surface area (Å²) < 4.78 is 0. The van der Waals surface area contributed by atoms with Gasteiger partial charge in [-0.1, -0.05) is 36.5 Å². The number of aliphatic hydroxyl groups excluding tert-OH is 1. The van der Waals surface area contributed by atoms with Gasteiger partial charge in [0.05, 0.1) is 0 Å². The van der Waals surface area contributed by atoms with Crippen LogP contribution < -0.4 is 0 Å². The molecule has 2 aliphatic carbocycles. The number of allylic oxidation sites excluding steroid dienone is 8. The van der Waals surface area contributed by atoms with Crippen LogP contribution in [0.25, 0.3) is 0 Å². The van der Waals surface area contributed by atoms with Gasteiger partial charge in [-0.2, -0.15) is 0 Å². The van der Waals surface area contributed by atoms with E-state index < -0.39 is 0 Å². The van der Waals surface area contributed by atoms with Gasteiger partial charge in [0, 0.05) is 5.57 Å². The molecule has 1 nitrogen and oxygen atoms in total. The van der Waals surface area contributed by atoms with Crippen LogP contribution in [0.4, 0.5) is 0 Å². The molecule has 0 spiro atoms.